The number of guanidine groups is 1. The number of para-hydroxylation sites is 2. The maximum Gasteiger partial charge on any atom is 0.251 e. The summed E-state index contributed by atoms with van der Waals surface area (Å²) in [4.78, 5) is 18.8. The highest BCUT2D eigenvalue weighted by Gasteiger charge is 2.25. The predicted molar refractivity (Wildman–Crippen MR) is 123 cm³/mol. The van der Waals surface area contributed by atoms with Crippen LogP contribution in [-0.4, -0.2) is 65.4 Å². The number of hydrogen-bond acceptors (Lipinski definition) is 5. The number of rotatable bonds is 8. The minimum atomic E-state index is -0.115. The largest absolute Gasteiger partial charge is 0.497 e. The fourth-order valence-electron chi connectivity index (χ4n) is 3.58. The number of methoxy groups -OCH3 is 2. The zero-order valence-corrected chi connectivity index (χ0v) is 18.4. The molecule has 2 aromatic rings. The fraction of sp³-hybridized carbons (Fsp3) is 0.391. The van der Waals surface area contributed by atoms with Crippen molar-refractivity contribution in [3.8, 4) is 11.5 Å². The highest BCUT2D eigenvalue weighted by molar-refractivity contribution is 5.94. The molecule has 31 heavy (non-hydrogen) atoms. The smallest absolute Gasteiger partial charge is 0.251 e. The molecule has 3 N–H and O–H groups in total. The minimum absolute atomic E-state index is 0.115. The summed E-state index contributed by atoms with van der Waals surface area (Å²) in [5.41, 5.74) is 1.71. The molecule has 0 saturated carbocycles. The van der Waals surface area contributed by atoms with E-state index in [1.807, 2.05) is 18.2 Å². The Labute approximate surface area is 183 Å². The first kappa shape index (κ1) is 22.3. The van der Waals surface area contributed by atoms with Crippen molar-refractivity contribution in [3.63, 3.8) is 0 Å². The zero-order chi connectivity index (χ0) is 22.1. The van der Waals surface area contributed by atoms with Crippen molar-refractivity contribution in [2.45, 2.75) is 12.5 Å². The summed E-state index contributed by atoms with van der Waals surface area (Å²) in [5, 5.41) is 9.63. The molecule has 8 heteroatoms. The maximum atomic E-state index is 12.2. The number of anilines is 1. The van der Waals surface area contributed by atoms with Gasteiger partial charge in [0, 0.05) is 44.8 Å². The molecule has 0 aliphatic carbocycles. The Morgan fingerprint density at radius 2 is 1.81 bits per heavy atom. The molecule has 2 aromatic carbocycles. The lowest BCUT2D eigenvalue weighted by molar-refractivity contribution is 0.0954. The standard InChI is InChI=1S/C23H31N5O3/c1-24-23(26-14-13-25-22(29)17-8-10-19(30-2)11-9-17)27-18-12-15-28(16-18)20-6-4-5-7-21(20)31-3/h4-11,18H,12-16H2,1-3H3,(H,25,29)(H2,24,26,27). The summed E-state index contributed by atoms with van der Waals surface area (Å²) in [7, 11) is 5.05. The van der Waals surface area contributed by atoms with E-state index in [9.17, 15) is 4.79 Å². The molecule has 1 heterocycles. The van der Waals surface area contributed by atoms with Gasteiger partial charge in [0.1, 0.15) is 11.5 Å². The quantitative estimate of drug-likeness (QED) is 0.340. The highest BCUT2D eigenvalue weighted by Crippen LogP contribution is 2.30. The number of aliphatic imine (C=N–C) groups is 1. The minimum Gasteiger partial charge on any atom is -0.497 e. The number of carbonyl (C=O) groups excluding carboxylic acids is 1. The van der Waals surface area contributed by atoms with Gasteiger partial charge >= 0.3 is 0 Å². The van der Waals surface area contributed by atoms with E-state index in [0.717, 1.165) is 42.7 Å². The van der Waals surface area contributed by atoms with Gasteiger partial charge in [-0.25, -0.2) is 0 Å². The van der Waals surface area contributed by atoms with Gasteiger partial charge in [0.2, 0.25) is 0 Å². The van der Waals surface area contributed by atoms with Crippen LogP contribution in [0.1, 0.15) is 16.8 Å². The van der Waals surface area contributed by atoms with Crippen molar-refractivity contribution >= 4 is 17.6 Å². The van der Waals surface area contributed by atoms with Crippen LogP contribution in [0.5, 0.6) is 11.5 Å². The van der Waals surface area contributed by atoms with Gasteiger partial charge in [-0.05, 0) is 42.8 Å². The molecule has 0 radical (unpaired) electrons. The number of benzene rings is 2. The van der Waals surface area contributed by atoms with Crippen LogP contribution in [0, 0.1) is 0 Å². The first-order valence-corrected chi connectivity index (χ1v) is 10.4. The van der Waals surface area contributed by atoms with Crippen LogP contribution in [0.2, 0.25) is 0 Å². The summed E-state index contributed by atoms with van der Waals surface area (Å²) in [5.74, 6) is 2.23. The Morgan fingerprint density at radius 1 is 1.06 bits per heavy atom. The molecule has 1 atom stereocenters. The van der Waals surface area contributed by atoms with Crippen molar-refractivity contribution in [2.75, 3.05) is 52.3 Å². The van der Waals surface area contributed by atoms with Crippen molar-refractivity contribution < 1.29 is 14.3 Å². The number of hydrogen-bond donors (Lipinski definition) is 3. The summed E-state index contributed by atoms with van der Waals surface area (Å²) in [6.07, 6.45) is 1.01. The van der Waals surface area contributed by atoms with Crippen LogP contribution < -0.4 is 30.3 Å². The second-order valence-corrected chi connectivity index (χ2v) is 7.23. The Kier molecular flexibility index (Phi) is 7.98. The highest BCUT2D eigenvalue weighted by atomic mass is 16.5. The maximum absolute atomic E-state index is 12.2. The molecule has 1 aliphatic heterocycles. The summed E-state index contributed by atoms with van der Waals surface area (Å²) in [6, 6.07) is 15.4. The van der Waals surface area contributed by atoms with E-state index < -0.39 is 0 Å². The topological polar surface area (TPSA) is 87.2 Å². The van der Waals surface area contributed by atoms with Crippen molar-refractivity contribution in [1.29, 1.82) is 0 Å². The predicted octanol–water partition coefficient (Wildman–Crippen LogP) is 1.88. The summed E-state index contributed by atoms with van der Waals surface area (Å²) in [6.45, 7) is 2.89. The van der Waals surface area contributed by atoms with E-state index in [0.29, 0.717) is 18.7 Å². The Hall–Kier alpha value is -3.42. The van der Waals surface area contributed by atoms with E-state index in [-0.39, 0.29) is 11.9 Å². The van der Waals surface area contributed by atoms with Crippen LogP contribution in [-0.2, 0) is 0 Å². The first-order valence-electron chi connectivity index (χ1n) is 10.4. The van der Waals surface area contributed by atoms with E-state index >= 15 is 0 Å². The lowest BCUT2D eigenvalue weighted by Gasteiger charge is -2.22. The van der Waals surface area contributed by atoms with E-state index in [2.05, 4.69) is 31.9 Å². The molecule has 0 aromatic heterocycles. The third kappa shape index (κ3) is 6.04. The van der Waals surface area contributed by atoms with E-state index in [1.54, 1.807) is 45.5 Å². The average molecular weight is 426 g/mol. The third-order valence-corrected chi connectivity index (χ3v) is 5.23. The Balaban J connectivity index is 1.41. The zero-order valence-electron chi connectivity index (χ0n) is 18.4. The second-order valence-electron chi connectivity index (χ2n) is 7.23. The Bertz CT molecular complexity index is 885. The van der Waals surface area contributed by atoms with Gasteiger partial charge in [-0.15, -0.1) is 0 Å². The van der Waals surface area contributed by atoms with E-state index in [1.165, 1.54) is 0 Å². The number of nitrogens with one attached hydrogen (secondary N) is 3. The van der Waals surface area contributed by atoms with Gasteiger partial charge in [0.15, 0.2) is 5.96 Å². The molecule has 166 valence electrons. The van der Waals surface area contributed by atoms with Gasteiger partial charge < -0.3 is 30.3 Å². The monoisotopic (exact) mass is 425 g/mol. The van der Waals surface area contributed by atoms with Crippen LogP contribution >= 0.6 is 0 Å². The fourth-order valence-corrected chi connectivity index (χ4v) is 3.58. The molecular weight excluding hydrogens is 394 g/mol. The van der Waals surface area contributed by atoms with Crippen LogP contribution in [0.3, 0.4) is 0 Å². The number of nitrogens with zero attached hydrogens (tertiary/aromatic N) is 2. The SMILES string of the molecule is CN=C(NCCNC(=O)c1ccc(OC)cc1)NC1CCN(c2ccccc2OC)C1. The van der Waals surface area contributed by atoms with Gasteiger partial charge in [-0.1, -0.05) is 12.1 Å². The number of ether oxygens (including phenoxy) is 2. The molecule has 1 saturated heterocycles. The lowest BCUT2D eigenvalue weighted by atomic mass is 10.2. The van der Waals surface area contributed by atoms with Gasteiger partial charge in [-0.2, -0.15) is 0 Å². The molecule has 0 spiro atoms. The molecule has 3 rings (SSSR count). The lowest BCUT2D eigenvalue weighted by Crippen LogP contribution is -2.46. The third-order valence-electron chi connectivity index (χ3n) is 5.23. The average Bonchev–Trinajstić information content (AvgIpc) is 3.29. The van der Waals surface area contributed by atoms with Crippen LogP contribution in [0.15, 0.2) is 53.5 Å². The van der Waals surface area contributed by atoms with Gasteiger partial charge in [0.25, 0.3) is 5.91 Å². The van der Waals surface area contributed by atoms with Crippen molar-refractivity contribution in [2.24, 2.45) is 4.99 Å². The molecule has 1 aliphatic rings. The Morgan fingerprint density at radius 3 is 2.52 bits per heavy atom. The first-order chi connectivity index (χ1) is 15.1. The van der Waals surface area contributed by atoms with Gasteiger partial charge in [0.05, 0.1) is 19.9 Å². The van der Waals surface area contributed by atoms with Crippen molar-refractivity contribution in [3.05, 3.63) is 54.1 Å². The molecule has 0 bridgehead atoms. The van der Waals surface area contributed by atoms with Crippen LogP contribution in [0.4, 0.5) is 5.69 Å². The van der Waals surface area contributed by atoms with E-state index in [4.69, 9.17) is 9.47 Å². The summed E-state index contributed by atoms with van der Waals surface area (Å²) < 4.78 is 10.6. The second kappa shape index (κ2) is 11.1. The molecule has 1 unspecified atom stereocenters. The number of carbonyl (C=O) groups is 1. The number of amides is 1. The molecular formula is C23H31N5O3. The van der Waals surface area contributed by atoms with Crippen molar-refractivity contribution in [1.82, 2.24) is 16.0 Å². The normalized spacial score (nSPS) is 16.0. The molecule has 1 amide bonds. The molecule has 8 nitrogen and oxygen atoms in total. The molecule has 1 fully saturated rings. The summed E-state index contributed by atoms with van der Waals surface area (Å²) >= 11 is 0. The van der Waals surface area contributed by atoms with Gasteiger partial charge in [-0.3, -0.25) is 9.79 Å². The van der Waals surface area contributed by atoms with Crippen LogP contribution in [0.25, 0.3) is 0 Å².